The van der Waals surface area contributed by atoms with Crippen LogP contribution in [0, 0.1) is 0 Å². The van der Waals surface area contributed by atoms with Crippen molar-refractivity contribution in [1.82, 2.24) is 10.1 Å². The number of aromatic nitrogens is 2. The number of halogens is 1. The van der Waals surface area contributed by atoms with Crippen LogP contribution in [0.3, 0.4) is 0 Å². The van der Waals surface area contributed by atoms with E-state index in [1.54, 1.807) is 48.5 Å². The first-order valence-electron chi connectivity index (χ1n) is 10.7. The van der Waals surface area contributed by atoms with Gasteiger partial charge in [0.15, 0.2) is 5.82 Å². The van der Waals surface area contributed by atoms with Gasteiger partial charge in [0.2, 0.25) is 0 Å². The highest BCUT2D eigenvalue weighted by Gasteiger charge is 2.33. The molecule has 12 heteroatoms. The van der Waals surface area contributed by atoms with Crippen LogP contribution in [0.5, 0.6) is 5.75 Å². The maximum Gasteiger partial charge on any atom is 0.439 e. The van der Waals surface area contributed by atoms with E-state index in [0.717, 1.165) is 5.56 Å². The van der Waals surface area contributed by atoms with Gasteiger partial charge in [0.05, 0.1) is 12.8 Å². The molecule has 0 spiro atoms. The number of carbonyl (C=O) groups is 1. The Morgan fingerprint density at radius 2 is 1.92 bits per heavy atom. The summed E-state index contributed by atoms with van der Waals surface area (Å²) < 4.78 is 38.0. The first kappa shape index (κ1) is 23.6. The first-order chi connectivity index (χ1) is 17.3. The van der Waals surface area contributed by atoms with Gasteiger partial charge in [-0.15, -0.1) is 0 Å². The summed E-state index contributed by atoms with van der Waals surface area (Å²) in [5.41, 5.74) is 2.63. The van der Waals surface area contributed by atoms with E-state index in [1.165, 1.54) is 23.5 Å². The van der Waals surface area contributed by atoms with Crippen LogP contribution >= 0.6 is 11.6 Å². The number of ether oxygens (including phenoxy) is 1. The van der Waals surface area contributed by atoms with Crippen molar-refractivity contribution >= 4 is 38.9 Å². The van der Waals surface area contributed by atoms with E-state index >= 15 is 0 Å². The van der Waals surface area contributed by atoms with E-state index in [2.05, 4.69) is 20.0 Å². The number of benzene rings is 3. The molecule has 0 bridgehead atoms. The molecule has 1 amide bonds. The van der Waals surface area contributed by atoms with Crippen molar-refractivity contribution < 1.29 is 22.5 Å². The third kappa shape index (κ3) is 4.34. The molecule has 1 aliphatic rings. The van der Waals surface area contributed by atoms with E-state index in [9.17, 15) is 18.0 Å². The molecule has 1 aromatic heterocycles. The lowest BCUT2D eigenvalue weighted by Gasteiger charge is -2.21. The number of hydrogen-bond donors (Lipinski definition) is 2. The van der Waals surface area contributed by atoms with Crippen LogP contribution in [-0.4, -0.2) is 38.1 Å². The number of H-pyrrole nitrogens is 1. The highest BCUT2D eigenvalue weighted by Crippen LogP contribution is 2.37. The summed E-state index contributed by atoms with van der Waals surface area (Å²) in [4.78, 5) is 26.5. The molecule has 0 atom stereocenters. The second kappa shape index (κ2) is 9.17. The third-order valence-corrected chi connectivity index (χ3v) is 7.82. The van der Waals surface area contributed by atoms with Gasteiger partial charge in [-0.1, -0.05) is 22.8 Å². The van der Waals surface area contributed by atoms with Gasteiger partial charge in [-0.25, -0.2) is 13.2 Å². The molecule has 0 saturated carbocycles. The van der Waals surface area contributed by atoms with Gasteiger partial charge in [-0.2, -0.15) is 0 Å². The zero-order chi connectivity index (χ0) is 25.4. The standard InChI is InChI=1S/C24H19ClN4O6S/c1-34-20-9-6-17(25)13-21(20)36(32,33)29-11-10-14-2-3-16(12-19(14)29)23(30)26-18-7-4-15(5-8-18)22-27-24(31)35-28-22/h2-9,12-13H,10-11H2,1H3,(H,26,30)(H,27,28,31). The lowest BCUT2D eigenvalue weighted by Crippen LogP contribution is -2.29. The molecule has 3 aromatic carbocycles. The molecule has 0 fully saturated rings. The molecule has 184 valence electrons. The van der Waals surface area contributed by atoms with Crippen molar-refractivity contribution in [2.75, 3.05) is 23.3 Å². The van der Waals surface area contributed by atoms with Gasteiger partial charge in [0, 0.05) is 28.4 Å². The maximum atomic E-state index is 13.5. The van der Waals surface area contributed by atoms with Crippen molar-refractivity contribution in [1.29, 1.82) is 0 Å². The molecule has 4 aromatic rings. The molecule has 0 saturated heterocycles. The Labute approximate surface area is 210 Å². The van der Waals surface area contributed by atoms with Crippen LogP contribution in [0.1, 0.15) is 15.9 Å². The van der Waals surface area contributed by atoms with Gasteiger partial charge < -0.3 is 10.1 Å². The number of amides is 1. The minimum absolute atomic E-state index is 0.0475. The van der Waals surface area contributed by atoms with Crippen LogP contribution in [0.2, 0.25) is 5.02 Å². The Hall–Kier alpha value is -4.09. The largest absolute Gasteiger partial charge is 0.495 e. The van der Waals surface area contributed by atoms with Gasteiger partial charge in [0.25, 0.3) is 15.9 Å². The van der Waals surface area contributed by atoms with E-state index in [1.807, 2.05) is 0 Å². The molecule has 0 unspecified atom stereocenters. The van der Waals surface area contributed by atoms with Crippen molar-refractivity contribution in [3.63, 3.8) is 0 Å². The summed E-state index contributed by atoms with van der Waals surface area (Å²) in [6, 6.07) is 16.0. The molecule has 2 heterocycles. The van der Waals surface area contributed by atoms with Gasteiger partial charge in [0.1, 0.15) is 10.6 Å². The third-order valence-electron chi connectivity index (χ3n) is 5.75. The van der Waals surface area contributed by atoms with Crippen molar-refractivity contribution in [3.8, 4) is 17.1 Å². The minimum Gasteiger partial charge on any atom is -0.495 e. The molecular formula is C24H19ClN4O6S. The predicted molar refractivity (Wildman–Crippen MR) is 133 cm³/mol. The number of hydrogen-bond acceptors (Lipinski definition) is 7. The number of methoxy groups -OCH3 is 1. The summed E-state index contributed by atoms with van der Waals surface area (Å²) in [5, 5.41) is 6.67. The normalized spacial score (nSPS) is 12.9. The number of aromatic amines is 1. The summed E-state index contributed by atoms with van der Waals surface area (Å²) in [5.74, 6) is -0.622. The Morgan fingerprint density at radius 1 is 1.14 bits per heavy atom. The van der Waals surface area contributed by atoms with Gasteiger partial charge in [-0.3, -0.25) is 18.6 Å². The summed E-state index contributed by atoms with van der Waals surface area (Å²) in [6.45, 7) is 0.226. The quantitative estimate of drug-likeness (QED) is 0.391. The van der Waals surface area contributed by atoms with Crippen LogP contribution in [0.15, 0.2) is 74.9 Å². The Balaban J connectivity index is 1.40. The van der Waals surface area contributed by atoms with E-state index < -0.39 is 21.7 Å². The predicted octanol–water partition coefficient (Wildman–Crippen LogP) is 3.70. The monoisotopic (exact) mass is 526 g/mol. The topological polar surface area (TPSA) is 135 Å². The highest BCUT2D eigenvalue weighted by molar-refractivity contribution is 7.93. The summed E-state index contributed by atoms with van der Waals surface area (Å²) in [6.07, 6.45) is 0.505. The van der Waals surface area contributed by atoms with Crippen molar-refractivity contribution in [2.24, 2.45) is 0 Å². The van der Waals surface area contributed by atoms with Crippen molar-refractivity contribution in [3.05, 3.63) is 87.4 Å². The van der Waals surface area contributed by atoms with Crippen LogP contribution < -0.4 is 20.1 Å². The first-order valence-corrected chi connectivity index (χ1v) is 12.5. The second-order valence-electron chi connectivity index (χ2n) is 7.94. The smallest absolute Gasteiger partial charge is 0.439 e. The fourth-order valence-corrected chi connectivity index (χ4v) is 5.90. The number of anilines is 2. The van der Waals surface area contributed by atoms with E-state index in [-0.39, 0.29) is 28.0 Å². The molecule has 36 heavy (non-hydrogen) atoms. The van der Waals surface area contributed by atoms with E-state index in [4.69, 9.17) is 16.3 Å². The fraction of sp³-hybridized carbons (Fsp3) is 0.125. The molecule has 10 nitrogen and oxygen atoms in total. The molecule has 1 aliphatic heterocycles. The Kier molecular flexibility index (Phi) is 6.02. The summed E-state index contributed by atoms with van der Waals surface area (Å²) >= 11 is 6.06. The number of nitrogens with zero attached hydrogens (tertiary/aromatic N) is 2. The molecule has 5 rings (SSSR count). The maximum absolute atomic E-state index is 13.5. The molecule has 0 radical (unpaired) electrons. The average molecular weight is 527 g/mol. The average Bonchev–Trinajstić information content (AvgIpc) is 3.50. The molecule has 2 N–H and O–H groups in total. The number of nitrogens with one attached hydrogen (secondary N) is 2. The van der Waals surface area contributed by atoms with Crippen LogP contribution in [0.4, 0.5) is 11.4 Å². The Morgan fingerprint density at radius 3 is 2.61 bits per heavy atom. The number of rotatable bonds is 6. The summed E-state index contributed by atoms with van der Waals surface area (Å²) in [7, 11) is -2.61. The zero-order valence-electron chi connectivity index (χ0n) is 18.8. The van der Waals surface area contributed by atoms with Gasteiger partial charge >= 0.3 is 5.76 Å². The van der Waals surface area contributed by atoms with Crippen molar-refractivity contribution in [2.45, 2.75) is 11.3 Å². The van der Waals surface area contributed by atoms with Crippen LogP contribution in [0.25, 0.3) is 11.4 Å². The zero-order valence-corrected chi connectivity index (χ0v) is 20.4. The molecule has 0 aliphatic carbocycles. The lowest BCUT2D eigenvalue weighted by molar-refractivity contribution is 0.102. The number of fused-ring (bicyclic) bond motifs is 1. The van der Waals surface area contributed by atoms with Crippen LogP contribution in [-0.2, 0) is 16.4 Å². The molecular weight excluding hydrogens is 508 g/mol. The second-order valence-corrected chi connectivity index (χ2v) is 10.2. The highest BCUT2D eigenvalue weighted by atomic mass is 35.5. The lowest BCUT2D eigenvalue weighted by atomic mass is 10.1. The number of sulfonamides is 1. The van der Waals surface area contributed by atoms with E-state index in [0.29, 0.717) is 28.9 Å². The SMILES string of the molecule is COc1ccc(Cl)cc1S(=O)(=O)N1CCc2ccc(C(=O)Nc3ccc(-c4noc(=O)[nH]4)cc3)cc21. The Bertz CT molecular complexity index is 1630. The minimum atomic E-state index is -3.99. The van der Waals surface area contributed by atoms with Gasteiger partial charge in [-0.05, 0) is 66.6 Å². The number of carbonyl (C=O) groups excluding carboxylic acids is 1. The fourth-order valence-electron chi connectivity index (χ4n) is 3.98.